The predicted molar refractivity (Wildman–Crippen MR) is 84.9 cm³/mol. The predicted octanol–water partition coefficient (Wildman–Crippen LogP) is 2.43. The summed E-state index contributed by atoms with van der Waals surface area (Å²) in [6.45, 7) is 2.87. The van der Waals surface area contributed by atoms with Gasteiger partial charge >= 0.3 is 0 Å². The van der Waals surface area contributed by atoms with Crippen molar-refractivity contribution in [3.8, 4) is 0 Å². The molecule has 20 heavy (non-hydrogen) atoms. The van der Waals surface area contributed by atoms with Gasteiger partial charge in [-0.2, -0.15) is 0 Å². The number of thioether (sulfide) groups is 1. The summed E-state index contributed by atoms with van der Waals surface area (Å²) in [5.74, 6) is 6.91. The summed E-state index contributed by atoms with van der Waals surface area (Å²) >= 11 is 1.49. The first-order chi connectivity index (χ1) is 9.62. The second-order valence-electron chi connectivity index (χ2n) is 4.58. The number of hydrogen-bond acceptors (Lipinski definition) is 6. The lowest BCUT2D eigenvalue weighted by molar-refractivity contribution is 0.857. The normalized spacial score (nSPS) is 10.4. The standard InChI is InChI=1S/C14H19N5S/c1-10-4-6-11(7-5-10)9-19(2)13-8-12(18-15)16-14(17-13)20-3/h4-8H,9,15H2,1-3H3,(H,16,17,18). The molecule has 1 aromatic heterocycles. The maximum atomic E-state index is 5.44. The minimum Gasteiger partial charge on any atom is -0.355 e. The monoisotopic (exact) mass is 289 g/mol. The first kappa shape index (κ1) is 14.6. The van der Waals surface area contributed by atoms with Gasteiger partial charge in [0.2, 0.25) is 0 Å². The first-order valence-corrected chi connectivity index (χ1v) is 7.51. The maximum absolute atomic E-state index is 5.44. The van der Waals surface area contributed by atoms with Gasteiger partial charge in [-0.3, -0.25) is 0 Å². The molecule has 1 aromatic carbocycles. The zero-order chi connectivity index (χ0) is 14.5. The van der Waals surface area contributed by atoms with Crippen molar-refractivity contribution >= 4 is 23.4 Å². The summed E-state index contributed by atoms with van der Waals surface area (Å²) in [5, 5.41) is 0.700. The van der Waals surface area contributed by atoms with Gasteiger partial charge in [-0.25, -0.2) is 15.8 Å². The minimum absolute atomic E-state index is 0.620. The zero-order valence-electron chi connectivity index (χ0n) is 11.9. The van der Waals surface area contributed by atoms with E-state index in [-0.39, 0.29) is 0 Å². The van der Waals surface area contributed by atoms with Crippen LogP contribution in [0.2, 0.25) is 0 Å². The summed E-state index contributed by atoms with van der Waals surface area (Å²) < 4.78 is 0. The Balaban J connectivity index is 2.19. The molecule has 0 spiro atoms. The van der Waals surface area contributed by atoms with Crippen molar-refractivity contribution in [3.63, 3.8) is 0 Å². The van der Waals surface area contributed by atoms with Gasteiger partial charge in [0.25, 0.3) is 0 Å². The largest absolute Gasteiger partial charge is 0.355 e. The van der Waals surface area contributed by atoms with E-state index in [1.165, 1.54) is 22.9 Å². The Hall–Kier alpha value is -1.79. The Kier molecular flexibility index (Phi) is 4.81. The Morgan fingerprint density at radius 2 is 1.95 bits per heavy atom. The molecule has 2 rings (SSSR count). The van der Waals surface area contributed by atoms with Crippen LogP contribution in [-0.4, -0.2) is 23.3 Å². The van der Waals surface area contributed by atoms with Gasteiger partial charge in [-0.15, -0.1) is 0 Å². The second-order valence-corrected chi connectivity index (χ2v) is 5.36. The summed E-state index contributed by atoms with van der Waals surface area (Å²) in [4.78, 5) is 10.8. The number of nitrogens with zero attached hydrogens (tertiary/aromatic N) is 3. The van der Waals surface area contributed by atoms with Crippen molar-refractivity contribution in [2.75, 3.05) is 23.6 Å². The fourth-order valence-corrected chi connectivity index (χ4v) is 2.20. The Morgan fingerprint density at radius 1 is 1.25 bits per heavy atom. The van der Waals surface area contributed by atoms with Crippen LogP contribution in [0.25, 0.3) is 0 Å². The number of nitrogens with two attached hydrogens (primary N) is 1. The number of aromatic nitrogens is 2. The number of hydrogen-bond donors (Lipinski definition) is 2. The van der Waals surface area contributed by atoms with Crippen LogP contribution < -0.4 is 16.2 Å². The summed E-state index contributed by atoms with van der Waals surface area (Å²) in [7, 11) is 2.01. The van der Waals surface area contributed by atoms with Crippen LogP contribution in [0, 0.1) is 6.92 Å². The maximum Gasteiger partial charge on any atom is 0.191 e. The number of aryl methyl sites for hydroxylation is 1. The molecule has 6 heteroatoms. The summed E-state index contributed by atoms with van der Waals surface area (Å²) in [6.07, 6.45) is 1.94. The fraction of sp³-hybridized carbons (Fsp3) is 0.286. The molecule has 0 saturated carbocycles. The Labute approximate surface area is 123 Å². The van der Waals surface area contributed by atoms with Crippen LogP contribution >= 0.6 is 11.8 Å². The zero-order valence-corrected chi connectivity index (χ0v) is 12.7. The van der Waals surface area contributed by atoms with Crippen molar-refractivity contribution in [1.82, 2.24) is 9.97 Å². The number of hydrazine groups is 1. The molecule has 0 saturated heterocycles. The van der Waals surface area contributed by atoms with Crippen LogP contribution in [-0.2, 0) is 6.54 Å². The third-order valence-electron chi connectivity index (χ3n) is 2.95. The third kappa shape index (κ3) is 3.61. The van der Waals surface area contributed by atoms with Crippen molar-refractivity contribution < 1.29 is 0 Å². The van der Waals surface area contributed by atoms with Crippen LogP contribution in [0.5, 0.6) is 0 Å². The SMILES string of the molecule is CSc1nc(NN)cc(N(C)Cc2ccc(C)cc2)n1. The van der Waals surface area contributed by atoms with Crippen molar-refractivity contribution in [2.45, 2.75) is 18.6 Å². The summed E-state index contributed by atoms with van der Waals surface area (Å²) in [6, 6.07) is 10.3. The number of rotatable bonds is 5. The second kappa shape index (κ2) is 6.58. The number of nitrogen functional groups attached to an aromatic ring is 1. The van der Waals surface area contributed by atoms with Gasteiger partial charge < -0.3 is 10.3 Å². The number of nitrogens with one attached hydrogen (secondary N) is 1. The number of anilines is 2. The van der Waals surface area contributed by atoms with Crippen molar-refractivity contribution in [2.24, 2.45) is 5.84 Å². The van der Waals surface area contributed by atoms with Gasteiger partial charge in [0.15, 0.2) is 5.16 Å². The van der Waals surface area contributed by atoms with Gasteiger partial charge in [-0.05, 0) is 18.7 Å². The van der Waals surface area contributed by atoms with E-state index >= 15 is 0 Å². The molecular formula is C14H19N5S. The molecule has 106 valence electrons. The molecular weight excluding hydrogens is 270 g/mol. The van der Waals surface area contributed by atoms with E-state index in [4.69, 9.17) is 5.84 Å². The highest BCUT2D eigenvalue weighted by Crippen LogP contribution is 2.20. The lowest BCUT2D eigenvalue weighted by atomic mass is 10.1. The Bertz CT molecular complexity index is 548. The summed E-state index contributed by atoms with van der Waals surface area (Å²) in [5.41, 5.74) is 5.08. The minimum atomic E-state index is 0.620. The highest BCUT2D eigenvalue weighted by molar-refractivity contribution is 7.98. The van der Waals surface area contributed by atoms with Crippen LogP contribution in [0.1, 0.15) is 11.1 Å². The molecule has 0 radical (unpaired) electrons. The lowest BCUT2D eigenvalue weighted by Gasteiger charge is -2.19. The molecule has 0 atom stereocenters. The van der Waals surface area contributed by atoms with E-state index in [9.17, 15) is 0 Å². The molecule has 0 aliphatic heterocycles. The van der Waals surface area contributed by atoms with Gasteiger partial charge in [0.1, 0.15) is 11.6 Å². The number of benzene rings is 1. The van der Waals surface area contributed by atoms with Gasteiger partial charge in [0, 0.05) is 19.7 Å². The van der Waals surface area contributed by atoms with Crippen LogP contribution in [0.15, 0.2) is 35.5 Å². The highest BCUT2D eigenvalue weighted by atomic mass is 32.2. The molecule has 1 heterocycles. The highest BCUT2D eigenvalue weighted by Gasteiger charge is 2.08. The third-order valence-corrected chi connectivity index (χ3v) is 3.50. The molecule has 5 nitrogen and oxygen atoms in total. The average molecular weight is 289 g/mol. The van der Waals surface area contributed by atoms with Gasteiger partial charge in [0.05, 0.1) is 0 Å². The molecule has 0 unspecified atom stereocenters. The average Bonchev–Trinajstić information content (AvgIpc) is 2.48. The molecule has 3 N–H and O–H groups in total. The quantitative estimate of drug-likeness (QED) is 0.381. The molecule has 2 aromatic rings. The van der Waals surface area contributed by atoms with Crippen LogP contribution in [0.4, 0.5) is 11.6 Å². The first-order valence-electron chi connectivity index (χ1n) is 6.28. The van der Waals surface area contributed by atoms with E-state index in [2.05, 4.69) is 51.5 Å². The topological polar surface area (TPSA) is 67.1 Å². The molecule has 0 aliphatic carbocycles. The lowest BCUT2D eigenvalue weighted by Crippen LogP contribution is -2.19. The smallest absolute Gasteiger partial charge is 0.191 e. The van der Waals surface area contributed by atoms with Crippen molar-refractivity contribution in [3.05, 3.63) is 41.5 Å². The fourth-order valence-electron chi connectivity index (χ4n) is 1.82. The molecule has 0 fully saturated rings. The molecule has 0 aliphatic rings. The molecule has 0 amide bonds. The van der Waals surface area contributed by atoms with Crippen LogP contribution in [0.3, 0.4) is 0 Å². The molecule has 0 bridgehead atoms. The van der Waals surface area contributed by atoms with E-state index in [0.717, 1.165) is 12.4 Å². The van der Waals surface area contributed by atoms with E-state index in [0.29, 0.717) is 11.0 Å². The van der Waals surface area contributed by atoms with E-state index in [1.54, 1.807) is 0 Å². The van der Waals surface area contributed by atoms with E-state index < -0.39 is 0 Å². The van der Waals surface area contributed by atoms with E-state index in [1.807, 2.05) is 19.4 Å². The Morgan fingerprint density at radius 3 is 2.55 bits per heavy atom. The van der Waals surface area contributed by atoms with Crippen molar-refractivity contribution in [1.29, 1.82) is 0 Å². The van der Waals surface area contributed by atoms with Gasteiger partial charge in [-0.1, -0.05) is 41.6 Å².